The van der Waals surface area contributed by atoms with Gasteiger partial charge in [-0.2, -0.15) is 0 Å². The summed E-state index contributed by atoms with van der Waals surface area (Å²) in [5.74, 6) is 0.523. The highest BCUT2D eigenvalue weighted by atomic mass is 35.5. The van der Waals surface area contributed by atoms with Gasteiger partial charge in [0.2, 0.25) is 0 Å². The summed E-state index contributed by atoms with van der Waals surface area (Å²) in [6, 6.07) is 7.96. The van der Waals surface area contributed by atoms with E-state index in [2.05, 4.69) is 42.9 Å². The molecule has 0 aromatic heterocycles. The number of azo groups is 1. The molecule has 0 aliphatic carbocycles. The van der Waals surface area contributed by atoms with Crippen molar-refractivity contribution in [2.45, 2.75) is 0 Å². The van der Waals surface area contributed by atoms with Crippen molar-refractivity contribution in [3.8, 4) is 5.75 Å². The van der Waals surface area contributed by atoms with E-state index in [0.717, 1.165) is 23.3 Å². The maximum atomic E-state index is 10.9. The van der Waals surface area contributed by atoms with Crippen molar-refractivity contribution >= 4 is 46.0 Å². The Kier molecular flexibility index (Phi) is 8.38. The maximum Gasteiger partial charge on any atom is 0.272 e. The molecule has 0 bridgehead atoms. The normalized spacial score (nSPS) is 11.5. The molecule has 2 aromatic rings. The molecular formula is C21H26Cl2N5O3+. The van der Waals surface area contributed by atoms with Crippen LogP contribution in [0.15, 0.2) is 53.2 Å². The van der Waals surface area contributed by atoms with E-state index in [1.165, 1.54) is 12.1 Å². The molecule has 0 amide bonds. The number of benzene rings is 2. The van der Waals surface area contributed by atoms with Crippen molar-refractivity contribution in [1.82, 2.24) is 0 Å². The molecule has 0 atom stereocenters. The van der Waals surface area contributed by atoms with Crippen molar-refractivity contribution in [2.24, 2.45) is 10.2 Å². The summed E-state index contributed by atoms with van der Waals surface area (Å²) in [6.07, 6.45) is 1.86. The minimum absolute atomic E-state index is 0.0380. The van der Waals surface area contributed by atoms with Crippen LogP contribution in [0.2, 0.25) is 10.0 Å². The lowest BCUT2D eigenvalue weighted by atomic mass is 10.2. The molecule has 2 aromatic carbocycles. The number of anilines is 1. The van der Waals surface area contributed by atoms with Crippen LogP contribution in [0.25, 0.3) is 0 Å². The first-order chi connectivity index (χ1) is 14.6. The summed E-state index contributed by atoms with van der Waals surface area (Å²) in [5.41, 5.74) is 1.38. The lowest BCUT2D eigenvalue weighted by Gasteiger charge is -2.30. The van der Waals surface area contributed by atoms with E-state index in [4.69, 9.17) is 27.9 Å². The van der Waals surface area contributed by atoms with Crippen molar-refractivity contribution in [3.63, 3.8) is 0 Å². The molecule has 0 spiro atoms. The Morgan fingerprint density at radius 1 is 1.19 bits per heavy atom. The second-order valence-corrected chi connectivity index (χ2v) is 8.63. The van der Waals surface area contributed by atoms with Crippen LogP contribution in [0.5, 0.6) is 5.75 Å². The van der Waals surface area contributed by atoms with E-state index in [1.54, 1.807) is 13.2 Å². The minimum atomic E-state index is -0.575. The largest absolute Gasteiger partial charge is 0.494 e. The van der Waals surface area contributed by atoms with Gasteiger partial charge < -0.3 is 14.1 Å². The molecule has 2 rings (SSSR count). The minimum Gasteiger partial charge on any atom is -0.494 e. The molecule has 0 N–H and O–H groups in total. The molecule has 0 unspecified atom stereocenters. The van der Waals surface area contributed by atoms with Crippen molar-refractivity contribution in [1.29, 1.82) is 0 Å². The number of nitro groups is 1. The second kappa shape index (κ2) is 10.6. The SMILES string of the molecule is C=CCN(CC[N+](C)(C)C)c1ccc(N=Nc2c(Cl)cc([N+](=O)[O-])cc2Cl)c(OC)c1. The van der Waals surface area contributed by atoms with Crippen molar-refractivity contribution in [3.05, 3.63) is 63.1 Å². The molecule has 166 valence electrons. The quantitative estimate of drug-likeness (QED) is 0.141. The number of hydrogen-bond acceptors (Lipinski definition) is 6. The summed E-state index contributed by atoms with van der Waals surface area (Å²) in [7, 11) is 7.98. The van der Waals surface area contributed by atoms with E-state index in [-0.39, 0.29) is 21.4 Å². The summed E-state index contributed by atoms with van der Waals surface area (Å²) in [6.45, 7) is 6.33. The number of nitro benzene ring substituents is 1. The molecule has 0 saturated heterocycles. The Morgan fingerprint density at radius 2 is 1.84 bits per heavy atom. The fourth-order valence-electron chi connectivity index (χ4n) is 2.70. The van der Waals surface area contributed by atoms with Crippen LogP contribution in [0, 0.1) is 10.1 Å². The highest BCUT2D eigenvalue weighted by molar-refractivity contribution is 6.39. The highest BCUT2D eigenvalue weighted by Crippen LogP contribution is 2.39. The standard InChI is InChI=1S/C21H26Cl2N5O3/c1-6-9-26(10-11-28(2,3)4)15-7-8-19(20(14-15)31-5)24-25-21-17(22)12-16(27(29)30)13-18(21)23/h6-8,12-14H,1,9-11H2,2-5H3/q+1. The highest BCUT2D eigenvalue weighted by Gasteiger charge is 2.16. The van der Waals surface area contributed by atoms with E-state index < -0.39 is 4.92 Å². The van der Waals surface area contributed by atoms with E-state index in [0.29, 0.717) is 18.0 Å². The number of halogens is 2. The topological polar surface area (TPSA) is 80.3 Å². The predicted octanol–water partition coefficient (Wildman–Crippen LogP) is 6.02. The van der Waals surface area contributed by atoms with Crippen molar-refractivity contribution < 1.29 is 14.1 Å². The molecule has 0 fully saturated rings. The van der Waals surface area contributed by atoms with Crippen LogP contribution in [0.1, 0.15) is 0 Å². The Balaban J connectivity index is 2.33. The first kappa shape index (κ1) is 24.6. The second-order valence-electron chi connectivity index (χ2n) is 7.82. The Labute approximate surface area is 192 Å². The van der Waals surface area contributed by atoms with E-state index in [1.807, 2.05) is 18.2 Å². The number of rotatable bonds is 10. The smallest absolute Gasteiger partial charge is 0.272 e. The molecule has 0 aliphatic heterocycles. The van der Waals surface area contributed by atoms with Crippen molar-refractivity contribution in [2.75, 3.05) is 52.8 Å². The number of non-ortho nitro benzene ring substituents is 1. The predicted molar refractivity (Wildman–Crippen MR) is 126 cm³/mol. The average molecular weight is 467 g/mol. The average Bonchev–Trinajstić information content (AvgIpc) is 2.69. The van der Waals surface area contributed by atoms with Gasteiger partial charge in [-0.1, -0.05) is 29.3 Å². The zero-order valence-corrected chi connectivity index (χ0v) is 19.5. The molecule has 8 nitrogen and oxygen atoms in total. The molecule has 0 saturated carbocycles. The van der Waals surface area contributed by atoms with Crippen LogP contribution in [0.4, 0.5) is 22.7 Å². The number of quaternary nitrogens is 1. The van der Waals surface area contributed by atoms with Gasteiger partial charge in [-0.05, 0) is 12.1 Å². The van der Waals surface area contributed by atoms with Gasteiger partial charge in [0.05, 0.1) is 56.3 Å². The molecule has 0 aliphatic rings. The lowest BCUT2D eigenvalue weighted by molar-refractivity contribution is -0.868. The monoisotopic (exact) mass is 466 g/mol. The zero-order chi connectivity index (χ0) is 23.2. The summed E-state index contributed by atoms with van der Waals surface area (Å²) < 4.78 is 6.33. The summed E-state index contributed by atoms with van der Waals surface area (Å²) in [4.78, 5) is 12.5. The van der Waals surface area contributed by atoms with Gasteiger partial charge in [-0.15, -0.1) is 16.8 Å². The van der Waals surface area contributed by atoms with Crippen LogP contribution in [-0.2, 0) is 0 Å². The van der Waals surface area contributed by atoms with Gasteiger partial charge in [0, 0.05) is 30.4 Å². The van der Waals surface area contributed by atoms with E-state index in [9.17, 15) is 10.1 Å². The number of ether oxygens (including phenoxy) is 1. The fraction of sp³-hybridized carbons (Fsp3) is 0.333. The lowest BCUT2D eigenvalue weighted by Crippen LogP contribution is -2.42. The van der Waals surface area contributed by atoms with Crippen LogP contribution in [-0.4, -0.2) is 57.3 Å². The molecule has 0 radical (unpaired) electrons. The zero-order valence-electron chi connectivity index (χ0n) is 18.0. The Hall–Kier alpha value is -2.68. The molecule has 31 heavy (non-hydrogen) atoms. The Morgan fingerprint density at radius 3 is 2.35 bits per heavy atom. The number of likely N-dealkylation sites (N-methyl/N-ethyl adjacent to an activating group) is 1. The van der Waals surface area contributed by atoms with Gasteiger partial charge >= 0.3 is 0 Å². The first-order valence-electron chi connectivity index (χ1n) is 9.45. The van der Waals surface area contributed by atoms with Gasteiger partial charge in [-0.25, -0.2) is 0 Å². The third-order valence-corrected chi connectivity index (χ3v) is 4.97. The van der Waals surface area contributed by atoms with E-state index >= 15 is 0 Å². The van der Waals surface area contributed by atoms with Crippen LogP contribution < -0.4 is 9.64 Å². The van der Waals surface area contributed by atoms with Crippen LogP contribution in [0.3, 0.4) is 0 Å². The van der Waals surface area contributed by atoms with Gasteiger partial charge in [0.15, 0.2) is 0 Å². The third-order valence-electron chi connectivity index (χ3n) is 4.39. The summed E-state index contributed by atoms with van der Waals surface area (Å²) >= 11 is 12.2. The van der Waals surface area contributed by atoms with Gasteiger partial charge in [0.1, 0.15) is 17.1 Å². The van der Waals surface area contributed by atoms with Crippen LogP contribution >= 0.6 is 23.2 Å². The fourth-order valence-corrected chi connectivity index (χ4v) is 3.26. The molecule has 0 heterocycles. The third kappa shape index (κ3) is 6.92. The Bertz CT molecular complexity index is 966. The maximum absolute atomic E-state index is 10.9. The van der Waals surface area contributed by atoms with Gasteiger partial charge in [-0.3, -0.25) is 10.1 Å². The molecule has 10 heteroatoms. The number of nitrogens with zero attached hydrogens (tertiary/aromatic N) is 5. The van der Waals surface area contributed by atoms with Gasteiger partial charge in [0.25, 0.3) is 5.69 Å². The number of hydrogen-bond donors (Lipinski definition) is 0. The molecular weight excluding hydrogens is 441 g/mol. The number of methoxy groups -OCH3 is 1. The summed E-state index contributed by atoms with van der Waals surface area (Å²) in [5, 5.41) is 19.3. The first-order valence-corrected chi connectivity index (χ1v) is 10.2.